The van der Waals surface area contributed by atoms with Crippen LogP contribution in [-0.2, 0) is 132 Å². The smallest absolute Gasteiger partial charge is 0.294 e. The molecule has 40 heteroatoms. The Bertz CT molecular complexity index is 4860. The average molecular weight is 1830 g/mol. The third kappa shape index (κ3) is 24.0. The van der Waals surface area contributed by atoms with E-state index in [0.29, 0.717) is 0 Å². The molecule has 8 N–H and O–H groups in total. The summed E-state index contributed by atoms with van der Waals surface area (Å²) in [6.07, 6.45) is -3.33. The van der Waals surface area contributed by atoms with Crippen LogP contribution in [0.1, 0.15) is 196 Å². The van der Waals surface area contributed by atoms with Gasteiger partial charge in [0.2, 0.25) is 0 Å². The second-order valence-corrected chi connectivity index (χ2v) is 39.9. The summed E-state index contributed by atoms with van der Waals surface area (Å²) in [5.74, 6) is -1.51. The maximum absolute atomic E-state index is 13.8. The van der Waals surface area contributed by atoms with Gasteiger partial charge in [-0.3, -0.25) is 36.4 Å². The van der Waals surface area contributed by atoms with Gasteiger partial charge in [-0.1, -0.05) is 55.4 Å². The molecule has 0 saturated carbocycles. The van der Waals surface area contributed by atoms with E-state index < -0.39 is 171 Å². The molecule has 8 aromatic rings. The first-order valence-electron chi connectivity index (χ1n) is 38.3. The summed E-state index contributed by atoms with van der Waals surface area (Å²) in [6.45, 7) is 12.3. The van der Waals surface area contributed by atoms with Crippen molar-refractivity contribution in [2.24, 2.45) is 0 Å². The lowest BCUT2D eigenvalue weighted by Crippen LogP contribution is -2.13. The van der Waals surface area contributed by atoms with Crippen molar-refractivity contribution in [2.75, 3.05) is 52.9 Å². The van der Waals surface area contributed by atoms with Crippen LogP contribution in [-0.4, -0.2) is 157 Å². The number of hydrogen-bond acceptors (Lipinski definition) is 24. The Kier molecular flexibility index (Phi) is 31.2. The molecule has 1 aliphatic rings. The summed E-state index contributed by atoms with van der Waals surface area (Å²) in [7, 11) is -42.8. The van der Waals surface area contributed by atoms with Crippen LogP contribution in [0.25, 0.3) is 0 Å². The molecule has 656 valence electrons. The van der Waals surface area contributed by atoms with Gasteiger partial charge in [-0.2, -0.15) is 67.3 Å². The molecule has 0 heterocycles. The largest absolute Gasteiger partial charge is 0.493 e. The van der Waals surface area contributed by atoms with Crippen molar-refractivity contribution in [3.05, 3.63) is 186 Å². The highest BCUT2D eigenvalue weighted by Gasteiger charge is 2.33. The van der Waals surface area contributed by atoms with E-state index in [0.717, 1.165) is 97.1 Å². The maximum atomic E-state index is 13.8. The van der Waals surface area contributed by atoms with Crippen LogP contribution >= 0.6 is 0 Å². The van der Waals surface area contributed by atoms with Crippen molar-refractivity contribution in [1.82, 2.24) is 0 Å². The Labute approximate surface area is 699 Å². The average Bonchev–Trinajstić information content (AvgIpc) is 0.769. The predicted octanol–water partition coefficient (Wildman–Crippen LogP) is 13.0. The second-order valence-electron chi connectivity index (χ2n) is 28.6. The Morgan fingerprint density at radius 3 is 0.308 bits per heavy atom. The first-order chi connectivity index (χ1) is 56.2. The highest BCUT2D eigenvalue weighted by molar-refractivity contribution is 7.87. The van der Waals surface area contributed by atoms with Gasteiger partial charge in [0.05, 0.1) is 92.0 Å². The molecule has 8 aromatic carbocycles. The Morgan fingerprint density at radius 1 is 0.175 bits per heavy atom. The number of benzene rings is 8. The van der Waals surface area contributed by atoms with Gasteiger partial charge in [-0.25, -0.2) is 0 Å². The normalized spacial score (nSPS) is 13.5. The fourth-order valence-electron chi connectivity index (χ4n) is 13.8. The highest BCUT2D eigenvalue weighted by Crippen LogP contribution is 2.46. The zero-order valence-corrected chi connectivity index (χ0v) is 73.4. The molecule has 0 amide bonds. The molecule has 120 heavy (non-hydrogen) atoms. The first-order valence-corrected chi connectivity index (χ1v) is 49.8. The van der Waals surface area contributed by atoms with Crippen LogP contribution < -0.4 is 37.9 Å². The van der Waals surface area contributed by atoms with Crippen LogP contribution in [0, 0.1) is 0 Å². The molecule has 16 bridgehead atoms. The molecule has 9 rings (SSSR count). The van der Waals surface area contributed by atoms with Crippen molar-refractivity contribution in [2.45, 2.75) is 197 Å². The quantitative estimate of drug-likeness (QED) is 0.0182. The third-order valence-electron chi connectivity index (χ3n) is 18.8. The number of hydrogen-bond donors (Lipinski definition) is 8. The van der Waals surface area contributed by atoms with Crippen molar-refractivity contribution in [3.63, 3.8) is 0 Å². The Morgan fingerprint density at radius 2 is 0.250 bits per heavy atom. The Balaban J connectivity index is 1.52. The minimum atomic E-state index is -5.34. The topological polar surface area (TPSA) is 509 Å². The molecular formula is C80H96O32S8. The van der Waals surface area contributed by atoms with Gasteiger partial charge < -0.3 is 37.9 Å². The van der Waals surface area contributed by atoms with E-state index in [-0.39, 0.29) is 239 Å². The summed E-state index contributed by atoms with van der Waals surface area (Å²) in [5, 5.41) is 0. The standard InChI is InChI=1S/C80H96O32S8/c1-9-17-105-73-49-25-51-35-66(114(84,85)86)37-53(74(51)106-18-10-2)27-55-39-68(116(90,91)92)41-57(76(55)108-20-12-4)29-59-43-70(118(96,97)98)45-61(78(59)110-22-14-6)31-63-47-72(120(102,103)104)48-64(80(63)112-24-16-8)32-62-46-71(119(99,100)101)44-60(79(62)111-23-15-7)30-58-42-69(117(93,94)95)40-56(77(58)109-21-13-5)28-54-38-67(115(87,88)89)36-52(75(54)107-19-11-3)26-50(73)34-65(33-49)113(81,82)83/h33-48H,9-32H2,1-8H3,(H,81,82,83)(H,84,85,86)(H,87,88,89)(H,90,91,92)(H,93,94,95)(H,96,97,98)(H,99,100,101)(H,102,103,104). The van der Waals surface area contributed by atoms with E-state index in [1.807, 2.05) is 0 Å². The Hall–Kier alpha value is -8.56. The van der Waals surface area contributed by atoms with E-state index >= 15 is 0 Å². The van der Waals surface area contributed by atoms with Gasteiger partial charge in [0.25, 0.3) is 80.9 Å². The molecule has 0 saturated heterocycles. The molecule has 0 spiro atoms. The monoisotopic (exact) mass is 1820 g/mol. The zero-order chi connectivity index (χ0) is 88.4. The molecule has 32 nitrogen and oxygen atoms in total. The van der Waals surface area contributed by atoms with Crippen molar-refractivity contribution < 1.29 is 142 Å². The third-order valence-corrected chi connectivity index (χ3v) is 25.4. The van der Waals surface area contributed by atoms with Crippen LogP contribution in [0.15, 0.2) is 136 Å². The first kappa shape index (κ1) is 95.3. The van der Waals surface area contributed by atoms with E-state index in [1.165, 1.54) is 0 Å². The van der Waals surface area contributed by atoms with Crippen molar-refractivity contribution in [1.29, 1.82) is 0 Å². The predicted molar refractivity (Wildman–Crippen MR) is 439 cm³/mol. The van der Waals surface area contributed by atoms with E-state index in [4.69, 9.17) is 37.9 Å². The summed E-state index contributed by atoms with van der Waals surface area (Å²) >= 11 is 0. The van der Waals surface area contributed by atoms with Gasteiger partial charge in [0, 0.05) is 140 Å². The molecular weight excluding hydrogens is 1730 g/mol. The number of fused-ring (bicyclic) bond motifs is 16. The molecule has 0 radical (unpaired) electrons. The van der Waals surface area contributed by atoms with Gasteiger partial charge in [-0.15, -0.1) is 0 Å². The number of ether oxygens (including phenoxy) is 8. The minimum Gasteiger partial charge on any atom is -0.493 e. The summed E-state index contributed by atoms with van der Waals surface area (Å²) in [6, 6.07) is 15.7. The van der Waals surface area contributed by atoms with E-state index in [2.05, 4.69) is 0 Å². The van der Waals surface area contributed by atoms with Crippen LogP contribution in [0.3, 0.4) is 0 Å². The van der Waals surface area contributed by atoms with Crippen LogP contribution in [0.2, 0.25) is 0 Å². The number of rotatable bonds is 32. The fraction of sp³-hybridized carbons (Fsp3) is 0.400. The zero-order valence-electron chi connectivity index (χ0n) is 66.8. The summed E-state index contributed by atoms with van der Waals surface area (Å²) < 4.78 is 362. The van der Waals surface area contributed by atoms with Gasteiger partial charge in [-0.05, 0) is 148 Å². The molecule has 0 fully saturated rings. The van der Waals surface area contributed by atoms with Gasteiger partial charge in [0.1, 0.15) is 46.0 Å². The van der Waals surface area contributed by atoms with E-state index in [1.54, 1.807) is 55.4 Å². The van der Waals surface area contributed by atoms with Crippen LogP contribution in [0.5, 0.6) is 46.0 Å². The summed E-state index contributed by atoms with van der Waals surface area (Å²) in [4.78, 5) is -6.68. The second kappa shape index (κ2) is 39.3. The molecule has 0 atom stereocenters. The molecule has 1 aliphatic carbocycles. The lowest BCUT2D eigenvalue weighted by molar-refractivity contribution is 0.304. The van der Waals surface area contributed by atoms with E-state index in [9.17, 15) is 104 Å². The highest BCUT2D eigenvalue weighted by atomic mass is 32.2. The molecule has 0 aliphatic heterocycles. The van der Waals surface area contributed by atoms with Crippen molar-refractivity contribution in [3.8, 4) is 46.0 Å². The SMILES string of the molecule is CCCOc1c2cc(S(=O)(=O)O)cc1Cc1cc(S(=O)(=O)O)cc(c1OCCC)Cc1cc(S(=O)(=O)O)cc(c1OCCC)Cc1cc(S(=O)(=O)O)cc(c1OCCC)Cc1cc(S(=O)(=O)O)cc(c1OCCC)Cc1cc(S(=O)(=O)O)cc(c1OCCC)Cc1cc(S(=O)(=O)O)cc(c1OCCC)Cc1cc(S(=O)(=O)O)cc(c1OCCC)C2. The van der Waals surface area contributed by atoms with Gasteiger partial charge in [0.15, 0.2) is 0 Å². The lowest BCUT2D eigenvalue weighted by Gasteiger charge is -2.24. The minimum absolute atomic E-state index is 0.169. The van der Waals surface area contributed by atoms with Gasteiger partial charge >= 0.3 is 0 Å². The maximum Gasteiger partial charge on any atom is 0.294 e. The van der Waals surface area contributed by atoms with Crippen LogP contribution in [0.4, 0.5) is 0 Å². The lowest BCUT2D eigenvalue weighted by atomic mass is 9.91. The summed E-state index contributed by atoms with van der Waals surface area (Å²) in [5.41, 5.74) is -2.70. The fourth-order valence-corrected chi connectivity index (χ4v) is 18.5. The van der Waals surface area contributed by atoms with Crippen molar-refractivity contribution >= 4 is 80.9 Å². The molecule has 0 aromatic heterocycles. The molecule has 0 unspecified atom stereocenters.